The summed E-state index contributed by atoms with van der Waals surface area (Å²) in [6.45, 7) is 2.20. The third-order valence-electron chi connectivity index (χ3n) is 3.21. The zero-order valence-electron chi connectivity index (χ0n) is 12.5. The highest BCUT2D eigenvalue weighted by atomic mass is 19.4. The summed E-state index contributed by atoms with van der Waals surface area (Å²) >= 11 is 0. The van der Waals surface area contributed by atoms with Crippen molar-refractivity contribution in [2.45, 2.75) is 19.6 Å². The molecule has 2 aromatic heterocycles. The van der Waals surface area contributed by atoms with Crippen LogP contribution < -0.4 is 5.32 Å². The van der Waals surface area contributed by atoms with Crippen molar-refractivity contribution in [3.63, 3.8) is 0 Å². The fraction of sp³-hybridized carbons (Fsp3) is 0.286. The summed E-state index contributed by atoms with van der Waals surface area (Å²) in [6, 6.07) is 5.54. The SMILES string of the molecule is CCNc1nc(C(F)(F)F)nc2c1nnn2Cc1ccc(F)cc1. The fourth-order valence-electron chi connectivity index (χ4n) is 2.14. The molecule has 3 aromatic rings. The fourth-order valence-corrected chi connectivity index (χ4v) is 2.14. The number of hydrogen-bond acceptors (Lipinski definition) is 5. The van der Waals surface area contributed by atoms with E-state index in [0.29, 0.717) is 12.1 Å². The van der Waals surface area contributed by atoms with Gasteiger partial charge in [0.25, 0.3) is 0 Å². The van der Waals surface area contributed by atoms with Gasteiger partial charge in [0.05, 0.1) is 6.54 Å². The second kappa shape index (κ2) is 6.02. The molecule has 0 fully saturated rings. The van der Waals surface area contributed by atoms with Crippen molar-refractivity contribution in [3.05, 3.63) is 41.5 Å². The molecular weight excluding hydrogens is 328 g/mol. The van der Waals surface area contributed by atoms with Gasteiger partial charge in [-0.3, -0.25) is 0 Å². The van der Waals surface area contributed by atoms with Crippen molar-refractivity contribution in [1.82, 2.24) is 25.0 Å². The molecule has 10 heteroatoms. The molecule has 3 rings (SSSR count). The lowest BCUT2D eigenvalue weighted by Gasteiger charge is -2.09. The molecule has 0 aliphatic rings. The van der Waals surface area contributed by atoms with Crippen LogP contribution in [0.25, 0.3) is 11.2 Å². The Kier molecular flexibility index (Phi) is 4.04. The summed E-state index contributed by atoms with van der Waals surface area (Å²) in [4.78, 5) is 7.03. The molecule has 126 valence electrons. The molecule has 0 amide bonds. The molecule has 1 N–H and O–H groups in total. The minimum atomic E-state index is -4.69. The van der Waals surface area contributed by atoms with Crippen LogP contribution >= 0.6 is 0 Å². The Morgan fingerprint density at radius 3 is 2.46 bits per heavy atom. The van der Waals surface area contributed by atoms with E-state index in [-0.39, 0.29) is 23.5 Å². The average Bonchev–Trinajstić information content (AvgIpc) is 2.92. The maximum atomic E-state index is 13.0. The topological polar surface area (TPSA) is 68.5 Å². The van der Waals surface area contributed by atoms with Crippen molar-refractivity contribution in [1.29, 1.82) is 0 Å². The molecule has 0 saturated heterocycles. The number of nitrogens with one attached hydrogen (secondary N) is 1. The Labute approximate surface area is 133 Å². The Morgan fingerprint density at radius 2 is 1.83 bits per heavy atom. The first-order valence-electron chi connectivity index (χ1n) is 7.05. The van der Waals surface area contributed by atoms with Crippen LogP contribution in [-0.2, 0) is 12.7 Å². The first-order chi connectivity index (χ1) is 11.4. The third-order valence-corrected chi connectivity index (χ3v) is 3.21. The average molecular weight is 340 g/mol. The van der Waals surface area contributed by atoms with Crippen molar-refractivity contribution in [3.8, 4) is 0 Å². The van der Waals surface area contributed by atoms with Crippen molar-refractivity contribution in [2.24, 2.45) is 0 Å². The minimum absolute atomic E-state index is 0.0276. The second-order valence-corrected chi connectivity index (χ2v) is 4.97. The summed E-state index contributed by atoms with van der Waals surface area (Å²) < 4.78 is 53.2. The minimum Gasteiger partial charge on any atom is -0.368 e. The van der Waals surface area contributed by atoms with Crippen molar-refractivity contribution < 1.29 is 17.6 Å². The van der Waals surface area contributed by atoms with Gasteiger partial charge >= 0.3 is 6.18 Å². The van der Waals surface area contributed by atoms with Crippen LogP contribution in [0.5, 0.6) is 0 Å². The van der Waals surface area contributed by atoms with Gasteiger partial charge in [-0.05, 0) is 24.6 Å². The number of nitrogens with zero attached hydrogens (tertiary/aromatic N) is 5. The van der Waals surface area contributed by atoms with Gasteiger partial charge in [0.2, 0.25) is 5.82 Å². The zero-order valence-corrected chi connectivity index (χ0v) is 12.5. The molecule has 0 aliphatic heterocycles. The lowest BCUT2D eigenvalue weighted by molar-refractivity contribution is -0.144. The van der Waals surface area contributed by atoms with Crippen LogP contribution in [0.1, 0.15) is 18.3 Å². The largest absolute Gasteiger partial charge is 0.451 e. The summed E-state index contributed by atoms with van der Waals surface area (Å²) in [7, 11) is 0. The lowest BCUT2D eigenvalue weighted by Crippen LogP contribution is -2.14. The highest BCUT2D eigenvalue weighted by Gasteiger charge is 2.36. The van der Waals surface area contributed by atoms with Crippen molar-refractivity contribution >= 4 is 17.0 Å². The highest BCUT2D eigenvalue weighted by Crippen LogP contribution is 2.29. The van der Waals surface area contributed by atoms with E-state index in [0.717, 1.165) is 0 Å². The molecule has 1 aromatic carbocycles. The van der Waals surface area contributed by atoms with Crippen LogP contribution in [0.2, 0.25) is 0 Å². The number of anilines is 1. The van der Waals surface area contributed by atoms with E-state index in [2.05, 4.69) is 25.6 Å². The normalized spacial score (nSPS) is 11.9. The van der Waals surface area contributed by atoms with Crippen LogP contribution in [0, 0.1) is 5.82 Å². The third kappa shape index (κ3) is 3.12. The first-order valence-corrected chi connectivity index (χ1v) is 7.05. The number of halogens is 4. The maximum absolute atomic E-state index is 13.0. The Morgan fingerprint density at radius 1 is 1.12 bits per heavy atom. The van der Waals surface area contributed by atoms with Gasteiger partial charge in [0.1, 0.15) is 5.82 Å². The number of alkyl halides is 3. The number of aromatic nitrogens is 5. The van der Waals surface area contributed by atoms with Gasteiger partial charge in [0, 0.05) is 6.54 Å². The molecule has 0 bridgehead atoms. The summed E-state index contributed by atoms with van der Waals surface area (Å²) in [5, 5.41) is 10.4. The van der Waals surface area contributed by atoms with E-state index in [4.69, 9.17) is 0 Å². The van der Waals surface area contributed by atoms with E-state index in [1.165, 1.54) is 28.9 Å². The lowest BCUT2D eigenvalue weighted by atomic mass is 10.2. The van der Waals surface area contributed by atoms with Gasteiger partial charge in [-0.2, -0.15) is 13.2 Å². The van der Waals surface area contributed by atoms with Crippen LogP contribution in [0.3, 0.4) is 0 Å². The Balaban J connectivity index is 2.08. The summed E-state index contributed by atoms with van der Waals surface area (Å²) in [5.41, 5.74) is 0.755. The molecule has 0 aliphatic carbocycles. The quantitative estimate of drug-likeness (QED) is 0.740. The molecule has 0 spiro atoms. The highest BCUT2D eigenvalue weighted by molar-refractivity contribution is 5.82. The van der Waals surface area contributed by atoms with Gasteiger partial charge in [-0.1, -0.05) is 17.3 Å². The molecule has 0 unspecified atom stereocenters. The molecule has 0 saturated carbocycles. The standard InChI is InChI=1S/C14H12F4N6/c1-2-19-11-10-12(21-13(20-11)14(16,17)18)24(23-22-10)7-8-3-5-9(15)6-4-8/h3-6H,2,7H2,1H3,(H,19,20,21). The van der Waals surface area contributed by atoms with E-state index in [1.807, 2.05) is 0 Å². The van der Waals surface area contributed by atoms with E-state index in [9.17, 15) is 17.6 Å². The van der Waals surface area contributed by atoms with E-state index in [1.54, 1.807) is 6.92 Å². The number of hydrogen-bond donors (Lipinski definition) is 1. The van der Waals surface area contributed by atoms with E-state index >= 15 is 0 Å². The van der Waals surface area contributed by atoms with Gasteiger partial charge in [-0.25, -0.2) is 19.0 Å². The number of rotatable bonds is 4. The van der Waals surface area contributed by atoms with Crippen molar-refractivity contribution in [2.75, 3.05) is 11.9 Å². The maximum Gasteiger partial charge on any atom is 0.451 e. The predicted molar refractivity (Wildman–Crippen MR) is 77.8 cm³/mol. The smallest absolute Gasteiger partial charge is 0.368 e. The van der Waals surface area contributed by atoms with Crippen LogP contribution in [0.4, 0.5) is 23.4 Å². The summed E-state index contributed by atoms with van der Waals surface area (Å²) in [5.74, 6) is -1.70. The van der Waals surface area contributed by atoms with Gasteiger partial charge in [-0.15, -0.1) is 5.10 Å². The summed E-state index contributed by atoms with van der Waals surface area (Å²) in [6.07, 6.45) is -4.69. The molecule has 24 heavy (non-hydrogen) atoms. The number of benzene rings is 1. The monoisotopic (exact) mass is 340 g/mol. The second-order valence-electron chi connectivity index (χ2n) is 4.97. The Hall–Kier alpha value is -2.78. The molecule has 2 heterocycles. The van der Waals surface area contributed by atoms with E-state index < -0.39 is 17.8 Å². The molecule has 0 atom stereocenters. The Bertz CT molecular complexity index is 856. The van der Waals surface area contributed by atoms with Gasteiger partial charge in [0.15, 0.2) is 17.0 Å². The van der Waals surface area contributed by atoms with Crippen LogP contribution in [-0.4, -0.2) is 31.5 Å². The molecule has 0 radical (unpaired) electrons. The van der Waals surface area contributed by atoms with Gasteiger partial charge < -0.3 is 5.32 Å². The molecule has 6 nitrogen and oxygen atoms in total. The molecular formula is C14H12F4N6. The zero-order chi connectivity index (χ0) is 17.3. The first kappa shape index (κ1) is 16.1. The van der Waals surface area contributed by atoms with Crippen LogP contribution in [0.15, 0.2) is 24.3 Å². The predicted octanol–water partition coefficient (Wildman–Crippen LogP) is 2.86. The number of fused-ring (bicyclic) bond motifs is 1.